The highest BCUT2D eigenvalue weighted by Crippen LogP contribution is 2.23. The number of hydrogen-bond donors (Lipinski definition) is 1. The first kappa shape index (κ1) is 10.6. The summed E-state index contributed by atoms with van der Waals surface area (Å²) in [6.45, 7) is 3.81. The van der Waals surface area contributed by atoms with E-state index in [4.69, 9.17) is 13.9 Å². The van der Waals surface area contributed by atoms with Crippen LogP contribution in [0.3, 0.4) is 0 Å². The molecule has 5 heteroatoms. The molecule has 2 heterocycles. The van der Waals surface area contributed by atoms with Gasteiger partial charge in [0.05, 0.1) is 32.1 Å². The van der Waals surface area contributed by atoms with Gasteiger partial charge >= 0.3 is 0 Å². The molecule has 5 nitrogen and oxygen atoms in total. The second-order valence-electron chi connectivity index (χ2n) is 3.55. The van der Waals surface area contributed by atoms with Crippen LogP contribution in [0.2, 0.25) is 0 Å². The Morgan fingerprint density at radius 3 is 3.07 bits per heavy atom. The molecule has 2 unspecified atom stereocenters. The topological polar surface area (TPSA) is 56.5 Å². The quantitative estimate of drug-likeness (QED) is 0.811. The molecule has 0 spiro atoms. The average molecular weight is 212 g/mol. The van der Waals surface area contributed by atoms with Crippen LogP contribution in [0.4, 0.5) is 0 Å². The van der Waals surface area contributed by atoms with E-state index in [0.717, 1.165) is 5.76 Å². The highest BCUT2D eigenvalue weighted by Gasteiger charge is 2.21. The number of rotatable bonds is 3. The van der Waals surface area contributed by atoms with E-state index >= 15 is 0 Å². The summed E-state index contributed by atoms with van der Waals surface area (Å²) in [6, 6.07) is 0.114. The Labute approximate surface area is 88.8 Å². The van der Waals surface area contributed by atoms with Crippen molar-refractivity contribution in [2.75, 3.05) is 26.9 Å². The first-order chi connectivity index (χ1) is 7.31. The summed E-state index contributed by atoms with van der Waals surface area (Å²) in [6.07, 6.45) is 1.60. The van der Waals surface area contributed by atoms with Gasteiger partial charge in [0.1, 0.15) is 6.10 Å². The smallest absolute Gasteiger partial charge is 0.211 e. The normalized spacial score (nSPS) is 24.0. The van der Waals surface area contributed by atoms with Crippen molar-refractivity contribution in [3.63, 3.8) is 0 Å². The Kier molecular flexibility index (Phi) is 3.35. The van der Waals surface area contributed by atoms with Crippen molar-refractivity contribution in [2.24, 2.45) is 0 Å². The largest absolute Gasteiger partial charge is 0.441 e. The van der Waals surface area contributed by atoms with Crippen LogP contribution in [-0.4, -0.2) is 31.9 Å². The van der Waals surface area contributed by atoms with Gasteiger partial charge in [-0.2, -0.15) is 0 Å². The van der Waals surface area contributed by atoms with Gasteiger partial charge in [-0.3, -0.25) is 0 Å². The molecule has 1 aromatic heterocycles. The first-order valence-electron chi connectivity index (χ1n) is 5.13. The van der Waals surface area contributed by atoms with Gasteiger partial charge in [-0.05, 0) is 14.0 Å². The lowest BCUT2D eigenvalue weighted by Gasteiger charge is -2.20. The van der Waals surface area contributed by atoms with Crippen LogP contribution in [0.15, 0.2) is 10.6 Å². The lowest BCUT2D eigenvalue weighted by molar-refractivity contribution is -0.0979. The lowest BCUT2D eigenvalue weighted by atomic mass is 10.3. The van der Waals surface area contributed by atoms with Crippen molar-refractivity contribution >= 4 is 0 Å². The molecule has 0 amide bonds. The van der Waals surface area contributed by atoms with Crippen LogP contribution in [0.1, 0.15) is 30.7 Å². The van der Waals surface area contributed by atoms with E-state index in [2.05, 4.69) is 10.3 Å². The summed E-state index contributed by atoms with van der Waals surface area (Å²) < 4.78 is 16.4. The molecule has 84 valence electrons. The lowest BCUT2D eigenvalue weighted by Crippen LogP contribution is -2.21. The maximum Gasteiger partial charge on any atom is 0.211 e. The zero-order valence-corrected chi connectivity index (χ0v) is 9.03. The minimum absolute atomic E-state index is 0.107. The SMILES string of the molecule is CNC(C)c1ncc(C2COCCO2)o1. The number of hydrogen-bond acceptors (Lipinski definition) is 5. The fraction of sp³-hybridized carbons (Fsp3) is 0.700. The van der Waals surface area contributed by atoms with Gasteiger partial charge in [0.15, 0.2) is 5.76 Å². The molecular formula is C10H16N2O3. The summed E-state index contributed by atoms with van der Waals surface area (Å²) in [5, 5.41) is 3.07. The summed E-state index contributed by atoms with van der Waals surface area (Å²) in [4.78, 5) is 4.20. The fourth-order valence-electron chi connectivity index (χ4n) is 1.43. The van der Waals surface area contributed by atoms with E-state index in [-0.39, 0.29) is 12.1 Å². The van der Waals surface area contributed by atoms with Gasteiger partial charge in [0.2, 0.25) is 5.89 Å². The summed E-state index contributed by atoms with van der Waals surface area (Å²) in [5.74, 6) is 1.42. The van der Waals surface area contributed by atoms with E-state index in [9.17, 15) is 0 Å². The second kappa shape index (κ2) is 4.74. The maximum absolute atomic E-state index is 5.60. The maximum atomic E-state index is 5.60. The van der Waals surface area contributed by atoms with E-state index < -0.39 is 0 Å². The number of aromatic nitrogens is 1. The standard InChI is InChI=1S/C10H16N2O3/c1-7(11-2)10-12-5-8(15-10)9-6-13-3-4-14-9/h5,7,9,11H,3-4,6H2,1-2H3. The van der Waals surface area contributed by atoms with E-state index in [1.54, 1.807) is 6.20 Å². The molecule has 1 aliphatic heterocycles. The third-order valence-corrected chi connectivity index (χ3v) is 2.48. The van der Waals surface area contributed by atoms with Gasteiger partial charge in [-0.1, -0.05) is 0 Å². The Morgan fingerprint density at radius 2 is 2.40 bits per heavy atom. The van der Waals surface area contributed by atoms with Crippen LogP contribution in [0, 0.1) is 0 Å². The minimum atomic E-state index is -0.107. The van der Waals surface area contributed by atoms with Crippen molar-refractivity contribution < 1.29 is 13.9 Å². The van der Waals surface area contributed by atoms with E-state index in [1.165, 1.54) is 0 Å². The van der Waals surface area contributed by atoms with Crippen molar-refractivity contribution in [1.82, 2.24) is 10.3 Å². The van der Waals surface area contributed by atoms with Crippen LogP contribution in [0.25, 0.3) is 0 Å². The van der Waals surface area contributed by atoms with Crippen LogP contribution in [0.5, 0.6) is 0 Å². The van der Waals surface area contributed by atoms with Gasteiger partial charge in [-0.15, -0.1) is 0 Å². The Hall–Kier alpha value is -0.910. The minimum Gasteiger partial charge on any atom is -0.441 e. The Morgan fingerprint density at radius 1 is 1.53 bits per heavy atom. The molecule has 1 aliphatic rings. The van der Waals surface area contributed by atoms with Gasteiger partial charge in [0.25, 0.3) is 0 Å². The van der Waals surface area contributed by atoms with Crippen molar-refractivity contribution in [1.29, 1.82) is 0 Å². The van der Waals surface area contributed by atoms with Crippen LogP contribution in [-0.2, 0) is 9.47 Å². The Balaban J connectivity index is 2.05. The van der Waals surface area contributed by atoms with Gasteiger partial charge in [-0.25, -0.2) is 4.98 Å². The van der Waals surface area contributed by atoms with Gasteiger partial charge < -0.3 is 19.2 Å². The van der Waals surface area contributed by atoms with E-state index in [0.29, 0.717) is 25.7 Å². The van der Waals surface area contributed by atoms with Crippen molar-refractivity contribution in [2.45, 2.75) is 19.1 Å². The van der Waals surface area contributed by atoms with Crippen LogP contribution >= 0.6 is 0 Å². The monoisotopic (exact) mass is 212 g/mol. The zero-order chi connectivity index (χ0) is 10.7. The average Bonchev–Trinajstić information content (AvgIpc) is 2.78. The third-order valence-electron chi connectivity index (χ3n) is 2.48. The van der Waals surface area contributed by atoms with E-state index in [1.807, 2.05) is 14.0 Å². The molecule has 1 aromatic rings. The summed E-state index contributed by atoms with van der Waals surface area (Å²) in [7, 11) is 1.87. The number of ether oxygens (including phenoxy) is 2. The molecule has 0 bridgehead atoms. The molecule has 0 saturated carbocycles. The third kappa shape index (κ3) is 2.37. The number of nitrogens with one attached hydrogen (secondary N) is 1. The molecule has 1 N–H and O–H groups in total. The molecule has 0 aliphatic carbocycles. The van der Waals surface area contributed by atoms with Crippen LogP contribution < -0.4 is 5.32 Å². The van der Waals surface area contributed by atoms with Crippen molar-refractivity contribution in [3.8, 4) is 0 Å². The molecular weight excluding hydrogens is 196 g/mol. The number of oxazole rings is 1. The molecule has 1 saturated heterocycles. The molecule has 0 aromatic carbocycles. The predicted molar refractivity (Wildman–Crippen MR) is 53.5 cm³/mol. The predicted octanol–water partition coefficient (Wildman–Crippen LogP) is 1.04. The summed E-state index contributed by atoms with van der Waals surface area (Å²) >= 11 is 0. The molecule has 0 radical (unpaired) electrons. The molecule has 15 heavy (non-hydrogen) atoms. The fourth-order valence-corrected chi connectivity index (χ4v) is 1.43. The Bertz CT molecular complexity index is 307. The van der Waals surface area contributed by atoms with Crippen molar-refractivity contribution in [3.05, 3.63) is 17.8 Å². The van der Waals surface area contributed by atoms with Gasteiger partial charge in [0, 0.05) is 0 Å². The molecule has 1 fully saturated rings. The highest BCUT2D eigenvalue weighted by atomic mass is 16.6. The zero-order valence-electron chi connectivity index (χ0n) is 9.03. The molecule has 2 rings (SSSR count). The highest BCUT2D eigenvalue weighted by molar-refractivity contribution is 5.01. The second-order valence-corrected chi connectivity index (χ2v) is 3.55. The molecule has 2 atom stereocenters. The summed E-state index contributed by atoms with van der Waals surface area (Å²) in [5.41, 5.74) is 0. The first-order valence-corrected chi connectivity index (χ1v) is 5.13. The number of nitrogens with zero attached hydrogens (tertiary/aromatic N) is 1.